The topological polar surface area (TPSA) is 190 Å². The average Bonchev–Trinajstić information content (AvgIpc) is 3.79. The van der Waals surface area contributed by atoms with Crippen LogP contribution in [-0.2, 0) is 31.3 Å². The van der Waals surface area contributed by atoms with Crippen molar-refractivity contribution < 1.29 is 53.7 Å². The van der Waals surface area contributed by atoms with Gasteiger partial charge in [0.2, 0.25) is 5.75 Å². The quantitative estimate of drug-likeness (QED) is 0.0422. The number of hydrogen-bond donors (Lipinski definition) is 6. The molecule has 0 fully saturated rings. The molecule has 2 aliphatic heterocycles. The molecule has 6 rings (SSSR count). The minimum absolute atomic E-state index is 0.171. The van der Waals surface area contributed by atoms with Gasteiger partial charge >= 0.3 is 0 Å². The van der Waals surface area contributed by atoms with Gasteiger partial charge < -0.3 is 59.6 Å². The third-order valence-electron chi connectivity index (χ3n) is 11.0. The van der Waals surface area contributed by atoms with Crippen molar-refractivity contribution in [3.05, 3.63) is 105 Å². The number of carbonyl (C=O) groups excluding carboxylic acids is 1. The zero-order valence-electron chi connectivity index (χ0n) is 34.6. The molecule has 2 atom stereocenters. The second-order valence-electron chi connectivity index (χ2n) is 14.9. The van der Waals surface area contributed by atoms with Crippen molar-refractivity contribution in [2.45, 2.75) is 96.5 Å². The summed E-state index contributed by atoms with van der Waals surface area (Å²) < 4.78 is 28.9. The van der Waals surface area contributed by atoms with Gasteiger partial charge in [0, 0.05) is 23.2 Å². The lowest BCUT2D eigenvalue weighted by Crippen LogP contribution is -2.38. The van der Waals surface area contributed by atoms with Crippen LogP contribution in [0.15, 0.2) is 65.8 Å². The number of nitrogens with zero attached hydrogens (tertiary/aromatic N) is 1. The molecule has 2 aliphatic rings. The molecule has 0 radical (unpaired) electrons. The monoisotopic (exact) mass is 827 g/mol. The lowest BCUT2D eigenvalue weighted by Gasteiger charge is -2.29. The molecule has 60 heavy (non-hydrogen) atoms. The van der Waals surface area contributed by atoms with Crippen LogP contribution in [0.1, 0.15) is 119 Å². The smallest absolute Gasteiger partial charge is 0.255 e. The van der Waals surface area contributed by atoms with E-state index in [1.54, 1.807) is 39.5 Å². The number of amides is 1. The predicted molar refractivity (Wildman–Crippen MR) is 226 cm³/mol. The SMILES string of the molecule is COc1ccc2c(c1)C(=O)NC(c1ccc(OCCCCCCCCCCOc3c(OC)cc(C4=NOC(c5cc(CO)c(CO)c(CO)c5)C4)cc3OC)c(CO)c1)N2. The Balaban J connectivity index is 0.876. The number of oxime groups is 1. The van der Waals surface area contributed by atoms with Gasteiger partial charge in [-0.2, -0.15) is 0 Å². The Morgan fingerprint density at radius 3 is 1.87 bits per heavy atom. The molecule has 14 nitrogen and oxygen atoms in total. The highest BCUT2D eigenvalue weighted by molar-refractivity contribution is 6.03. The Kier molecular flexibility index (Phi) is 15.9. The van der Waals surface area contributed by atoms with Crippen LogP contribution in [0.25, 0.3) is 0 Å². The summed E-state index contributed by atoms with van der Waals surface area (Å²) in [5.74, 6) is 2.66. The third kappa shape index (κ3) is 10.6. The minimum atomic E-state index is -0.434. The first-order valence-corrected chi connectivity index (χ1v) is 20.5. The van der Waals surface area contributed by atoms with Crippen molar-refractivity contribution in [2.75, 3.05) is 39.9 Å². The van der Waals surface area contributed by atoms with Crippen LogP contribution in [0.4, 0.5) is 5.69 Å². The van der Waals surface area contributed by atoms with Gasteiger partial charge in [0.05, 0.1) is 72.2 Å². The molecule has 322 valence electrons. The highest BCUT2D eigenvalue weighted by Gasteiger charge is 2.28. The predicted octanol–water partition coefficient (Wildman–Crippen LogP) is 6.98. The van der Waals surface area contributed by atoms with Crippen LogP contribution in [-0.4, -0.2) is 66.6 Å². The molecule has 0 spiro atoms. The van der Waals surface area contributed by atoms with Crippen molar-refractivity contribution >= 4 is 17.3 Å². The van der Waals surface area contributed by atoms with E-state index < -0.39 is 12.3 Å². The number of rotatable bonds is 23. The summed E-state index contributed by atoms with van der Waals surface area (Å²) in [6.07, 6.45) is 8.00. The van der Waals surface area contributed by atoms with Crippen LogP contribution in [0.3, 0.4) is 0 Å². The van der Waals surface area contributed by atoms with Gasteiger partial charge in [0.1, 0.15) is 17.7 Å². The van der Waals surface area contributed by atoms with Crippen molar-refractivity contribution in [1.82, 2.24) is 5.32 Å². The maximum absolute atomic E-state index is 12.8. The first-order valence-electron chi connectivity index (χ1n) is 20.5. The number of unbranched alkanes of at least 4 members (excludes halogenated alkanes) is 7. The second kappa shape index (κ2) is 21.6. The van der Waals surface area contributed by atoms with Crippen molar-refractivity contribution in [1.29, 1.82) is 0 Å². The lowest BCUT2D eigenvalue weighted by molar-refractivity contribution is 0.0853. The lowest BCUT2D eigenvalue weighted by atomic mass is 9.93. The molecule has 1 amide bonds. The molecule has 0 saturated carbocycles. The zero-order chi connectivity index (χ0) is 42.4. The maximum Gasteiger partial charge on any atom is 0.255 e. The van der Waals surface area contributed by atoms with Gasteiger partial charge in [-0.1, -0.05) is 49.7 Å². The molecule has 2 unspecified atom stereocenters. The minimum Gasteiger partial charge on any atom is -0.497 e. The number of anilines is 1. The van der Waals surface area contributed by atoms with Crippen molar-refractivity contribution in [2.24, 2.45) is 5.16 Å². The number of benzene rings is 4. The van der Waals surface area contributed by atoms with E-state index in [1.165, 1.54) is 0 Å². The summed E-state index contributed by atoms with van der Waals surface area (Å²) in [6.45, 7) is 0.0938. The largest absolute Gasteiger partial charge is 0.497 e. The second-order valence-corrected chi connectivity index (χ2v) is 14.9. The molecule has 4 aromatic rings. The summed E-state index contributed by atoms with van der Waals surface area (Å²) in [4.78, 5) is 18.6. The Labute approximate surface area is 351 Å². The van der Waals surface area contributed by atoms with Gasteiger partial charge in [0.15, 0.2) is 17.6 Å². The van der Waals surface area contributed by atoms with E-state index in [0.29, 0.717) is 81.9 Å². The van der Waals surface area contributed by atoms with E-state index in [-0.39, 0.29) is 32.3 Å². The van der Waals surface area contributed by atoms with Gasteiger partial charge in [-0.3, -0.25) is 4.79 Å². The number of carbonyl (C=O) groups is 1. The van der Waals surface area contributed by atoms with E-state index >= 15 is 0 Å². The molecule has 4 aromatic carbocycles. The van der Waals surface area contributed by atoms with Crippen molar-refractivity contribution in [3.63, 3.8) is 0 Å². The van der Waals surface area contributed by atoms with Gasteiger partial charge in [-0.05, 0) is 95.3 Å². The fourth-order valence-corrected chi connectivity index (χ4v) is 7.61. The molecule has 0 aliphatic carbocycles. The number of aliphatic hydroxyl groups is 4. The standard InChI is InChI=1S/C46H57N3O11/c1-55-35-13-14-38-36(23-35)46(54)48-45(47-38)29-12-15-40(34(18-29)27-52)58-16-10-8-6-4-5-7-9-11-17-59-44-42(56-2)21-30(22-43(44)57-3)39-24-41(60-49-39)31-19-32(25-50)37(28-53)33(20-31)26-51/h12-15,18-23,41,45,47,50-53H,4-11,16-17,24-28H2,1-3H3,(H,48,54). The van der Waals surface area contributed by atoms with E-state index in [1.807, 2.05) is 42.5 Å². The van der Waals surface area contributed by atoms with E-state index in [4.69, 9.17) is 28.5 Å². The Hall–Kier alpha value is -5.54. The summed E-state index contributed by atoms with van der Waals surface area (Å²) in [5.41, 5.74) is 6.55. The Morgan fingerprint density at radius 2 is 1.27 bits per heavy atom. The molecule has 0 bridgehead atoms. The summed E-state index contributed by atoms with van der Waals surface area (Å²) in [7, 11) is 4.74. The summed E-state index contributed by atoms with van der Waals surface area (Å²) in [5, 5.41) is 50.1. The number of ether oxygens (including phenoxy) is 5. The first-order chi connectivity index (χ1) is 29.3. The molecule has 0 aromatic heterocycles. The molecule has 2 heterocycles. The molecule has 6 N–H and O–H groups in total. The Bertz CT molecular complexity index is 2060. The van der Waals surface area contributed by atoms with Crippen LogP contribution < -0.4 is 34.3 Å². The normalized spacial score (nSPS) is 15.7. The number of hydrogen-bond acceptors (Lipinski definition) is 13. The Morgan fingerprint density at radius 1 is 0.650 bits per heavy atom. The fraction of sp³-hybridized carbons (Fsp3) is 0.435. The van der Waals surface area contributed by atoms with Crippen molar-refractivity contribution in [3.8, 4) is 28.7 Å². The number of methoxy groups -OCH3 is 3. The van der Waals surface area contributed by atoms with Crippen LogP contribution in [0, 0.1) is 0 Å². The molecular weight excluding hydrogens is 771 g/mol. The molecule has 14 heteroatoms. The fourth-order valence-electron chi connectivity index (χ4n) is 7.61. The first kappa shape index (κ1) is 44.0. The van der Waals surface area contributed by atoms with Crippen LogP contribution in [0.2, 0.25) is 0 Å². The van der Waals surface area contributed by atoms with Gasteiger partial charge in [0.25, 0.3) is 5.91 Å². The number of nitrogens with one attached hydrogen (secondary N) is 2. The van der Waals surface area contributed by atoms with Gasteiger partial charge in [-0.15, -0.1) is 0 Å². The van der Waals surface area contributed by atoms with E-state index in [2.05, 4.69) is 15.8 Å². The third-order valence-corrected chi connectivity index (χ3v) is 11.0. The maximum atomic E-state index is 12.8. The van der Waals surface area contributed by atoms with Crippen LogP contribution >= 0.6 is 0 Å². The molecule has 0 saturated heterocycles. The summed E-state index contributed by atoms with van der Waals surface area (Å²) >= 11 is 0. The highest BCUT2D eigenvalue weighted by Crippen LogP contribution is 2.41. The van der Waals surface area contributed by atoms with Gasteiger partial charge in [-0.25, -0.2) is 0 Å². The zero-order valence-corrected chi connectivity index (χ0v) is 34.6. The van der Waals surface area contributed by atoms with E-state index in [0.717, 1.165) is 73.7 Å². The van der Waals surface area contributed by atoms with E-state index in [9.17, 15) is 25.2 Å². The summed E-state index contributed by atoms with van der Waals surface area (Å²) in [6, 6.07) is 18.2. The van der Waals surface area contributed by atoms with Crippen LogP contribution in [0.5, 0.6) is 28.7 Å². The average molecular weight is 828 g/mol. The number of fused-ring (bicyclic) bond motifs is 1. The number of aliphatic hydroxyl groups excluding tert-OH is 4. The highest BCUT2D eigenvalue weighted by atomic mass is 16.6. The molecular formula is C46H57N3O11.